The smallest absolute Gasteiger partial charge is 0.341 e. The summed E-state index contributed by atoms with van der Waals surface area (Å²) >= 11 is 0. The van der Waals surface area contributed by atoms with Crippen LogP contribution in [0.1, 0.15) is 54.9 Å². The van der Waals surface area contributed by atoms with Gasteiger partial charge < -0.3 is 25.2 Å². The number of pyridine rings is 1. The summed E-state index contributed by atoms with van der Waals surface area (Å²) in [6.45, 7) is 3.16. The number of hydrogen-bond donors (Lipinski definition) is 2. The molecule has 3 heterocycles. The number of carboxylic acid groups (broad SMARTS) is 1. The molecule has 0 spiro atoms. The Kier molecular flexibility index (Phi) is 4.88. The Morgan fingerprint density at radius 1 is 1.00 bits per heavy atom. The van der Waals surface area contributed by atoms with E-state index >= 15 is 8.78 Å². The molecule has 3 aliphatic rings. The van der Waals surface area contributed by atoms with E-state index in [4.69, 9.17) is 5.73 Å². The van der Waals surface area contributed by atoms with Gasteiger partial charge in [-0.2, -0.15) is 0 Å². The summed E-state index contributed by atoms with van der Waals surface area (Å²) in [4.78, 5) is 28.4. The normalized spacial score (nSPS) is 20.6. The van der Waals surface area contributed by atoms with Crippen molar-refractivity contribution in [3.8, 4) is 0 Å². The fourth-order valence-electron chi connectivity index (χ4n) is 5.18. The lowest BCUT2D eigenvalue weighted by atomic mass is 10.0. The average Bonchev–Trinajstić information content (AvgIpc) is 3.45. The lowest BCUT2D eigenvalue weighted by molar-refractivity contribution is 0.0695. The average molecular weight is 432 g/mol. The van der Waals surface area contributed by atoms with Gasteiger partial charge in [-0.05, 0) is 51.6 Å². The molecule has 0 unspecified atom stereocenters. The molecule has 0 radical (unpaired) electrons. The first-order chi connectivity index (χ1) is 14.9. The van der Waals surface area contributed by atoms with Crippen LogP contribution in [0.4, 0.5) is 20.2 Å². The predicted molar refractivity (Wildman–Crippen MR) is 114 cm³/mol. The molecule has 0 atom stereocenters. The molecule has 1 aromatic carbocycles. The summed E-state index contributed by atoms with van der Waals surface area (Å²) in [5.74, 6) is -3.25. The van der Waals surface area contributed by atoms with Crippen LogP contribution in [0, 0.1) is 11.6 Å². The van der Waals surface area contributed by atoms with Crippen LogP contribution >= 0.6 is 0 Å². The molecule has 2 saturated heterocycles. The summed E-state index contributed by atoms with van der Waals surface area (Å²) in [5, 5.41) is 9.02. The number of rotatable bonds is 4. The molecule has 2 aliphatic heterocycles. The molecular weight excluding hydrogens is 406 g/mol. The predicted octanol–water partition coefficient (Wildman–Crippen LogP) is 2.96. The van der Waals surface area contributed by atoms with E-state index in [-0.39, 0.29) is 22.6 Å². The van der Waals surface area contributed by atoms with Crippen molar-refractivity contribution in [1.29, 1.82) is 0 Å². The molecule has 166 valence electrons. The van der Waals surface area contributed by atoms with E-state index in [1.807, 2.05) is 0 Å². The molecule has 2 aromatic rings. The van der Waals surface area contributed by atoms with E-state index in [2.05, 4.69) is 4.90 Å². The van der Waals surface area contributed by atoms with Gasteiger partial charge in [0.1, 0.15) is 11.3 Å². The summed E-state index contributed by atoms with van der Waals surface area (Å²) in [5.41, 5.74) is 3.75. The number of nitrogens with two attached hydrogens (primary N) is 1. The molecule has 0 amide bonds. The third-order valence-corrected chi connectivity index (χ3v) is 6.97. The van der Waals surface area contributed by atoms with Gasteiger partial charge >= 0.3 is 5.97 Å². The molecule has 0 bridgehead atoms. The SMILES string of the molecule is Nc1c(F)c(N2CCC(N3CCCC3)CC2)c(F)c2c1c(=O)c(C(=O)O)cn2C1CC1. The number of fused-ring (bicyclic) bond motifs is 1. The Bertz CT molecular complexity index is 1110. The number of aromatic nitrogens is 1. The molecule has 1 saturated carbocycles. The summed E-state index contributed by atoms with van der Waals surface area (Å²) < 4.78 is 32.6. The van der Waals surface area contributed by atoms with Gasteiger partial charge in [0.05, 0.1) is 16.6 Å². The minimum absolute atomic E-state index is 0.0898. The Morgan fingerprint density at radius 3 is 2.23 bits per heavy atom. The van der Waals surface area contributed by atoms with Crippen LogP contribution in [0.25, 0.3) is 10.9 Å². The van der Waals surface area contributed by atoms with Gasteiger partial charge in [0.15, 0.2) is 11.6 Å². The number of halogens is 2. The first-order valence-electron chi connectivity index (χ1n) is 11.0. The molecule has 1 aromatic heterocycles. The van der Waals surface area contributed by atoms with Crippen molar-refractivity contribution in [2.75, 3.05) is 36.8 Å². The molecule has 5 rings (SSSR count). The van der Waals surface area contributed by atoms with Crippen molar-refractivity contribution in [2.45, 2.75) is 50.6 Å². The number of aromatic carboxylic acids is 1. The number of anilines is 2. The van der Waals surface area contributed by atoms with Crippen molar-refractivity contribution in [2.24, 2.45) is 0 Å². The highest BCUT2D eigenvalue weighted by Crippen LogP contribution is 2.42. The highest BCUT2D eigenvalue weighted by atomic mass is 19.1. The Balaban J connectivity index is 1.60. The summed E-state index contributed by atoms with van der Waals surface area (Å²) in [6, 6.07) is 0.305. The minimum atomic E-state index is -1.44. The highest BCUT2D eigenvalue weighted by molar-refractivity contribution is 5.99. The fraction of sp³-hybridized carbons (Fsp3) is 0.545. The summed E-state index contributed by atoms with van der Waals surface area (Å²) in [7, 11) is 0. The van der Waals surface area contributed by atoms with E-state index in [1.54, 1.807) is 4.90 Å². The van der Waals surface area contributed by atoms with Crippen molar-refractivity contribution in [3.63, 3.8) is 0 Å². The third-order valence-electron chi connectivity index (χ3n) is 6.97. The third kappa shape index (κ3) is 3.26. The second kappa shape index (κ2) is 7.47. The number of likely N-dealkylation sites (tertiary alicyclic amines) is 1. The standard InChI is InChI=1S/C22H26F2N4O3/c23-16-18(25)15-19(28(13-3-4-13)11-14(21(15)29)22(30)31)17(24)20(16)27-9-5-12(6-10-27)26-7-1-2-8-26/h11-13H,1-10,25H2,(H,30,31). The topological polar surface area (TPSA) is 91.8 Å². The molecule has 1 aliphatic carbocycles. The van der Waals surface area contributed by atoms with Gasteiger partial charge in [-0.15, -0.1) is 0 Å². The number of nitrogens with zero attached hydrogens (tertiary/aromatic N) is 3. The largest absolute Gasteiger partial charge is 0.477 e. The molecule has 9 heteroatoms. The van der Waals surface area contributed by atoms with E-state index in [0.29, 0.717) is 19.1 Å². The van der Waals surface area contributed by atoms with Crippen LogP contribution in [0.5, 0.6) is 0 Å². The van der Waals surface area contributed by atoms with E-state index in [1.165, 1.54) is 23.6 Å². The molecular formula is C22H26F2N4O3. The van der Waals surface area contributed by atoms with Gasteiger partial charge in [0.25, 0.3) is 0 Å². The minimum Gasteiger partial charge on any atom is -0.477 e. The molecule has 3 fully saturated rings. The lowest BCUT2D eigenvalue weighted by Gasteiger charge is -2.38. The lowest BCUT2D eigenvalue weighted by Crippen LogP contribution is -2.44. The van der Waals surface area contributed by atoms with E-state index in [9.17, 15) is 14.7 Å². The first kappa shape index (κ1) is 20.2. The monoisotopic (exact) mass is 432 g/mol. The zero-order chi connectivity index (χ0) is 21.9. The maximum atomic E-state index is 15.8. The van der Waals surface area contributed by atoms with Crippen LogP contribution in [0.2, 0.25) is 0 Å². The van der Waals surface area contributed by atoms with Gasteiger partial charge in [-0.1, -0.05) is 0 Å². The number of benzene rings is 1. The molecule has 3 N–H and O–H groups in total. The molecule has 31 heavy (non-hydrogen) atoms. The molecule has 7 nitrogen and oxygen atoms in total. The van der Waals surface area contributed by atoms with Crippen molar-refractivity contribution in [3.05, 3.63) is 33.6 Å². The van der Waals surface area contributed by atoms with Crippen molar-refractivity contribution in [1.82, 2.24) is 9.47 Å². The Labute approximate surface area is 178 Å². The van der Waals surface area contributed by atoms with E-state index < -0.39 is 34.3 Å². The van der Waals surface area contributed by atoms with Gasteiger partial charge in [0.2, 0.25) is 5.43 Å². The van der Waals surface area contributed by atoms with Gasteiger partial charge in [0, 0.05) is 31.4 Å². The van der Waals surface area contributed by atoms with Crippen molar-refractivity contribution >= 4 is 28.2 Å². The maximum absolute atomic E-state index is 15.8. The number of carboxylic acids is 1. The van der Waals surface area contributed by atoms with Crippen LogP contribution in [-0.4, -0.2) is 52.8 Å². The fourth-order valence-corrected chi connectivity index (χ4v) is 5.18. The number of carbonyl (C=O) groups is 1. The van der Waals surface area contributed by atoms with E-state index in [0.717, 1.165) is 38.8 Å². The van der Waals surface area contributed by atoms with Crippen LogP contribution in [-0.2, 0) is 0 Å². The Morgan fingerprint density at radius 2 is 1.65 bits per heavy atom. The van der Waals surface area contributed by atoms with Gasteiger partial charge in [-0.25, -0.2) is 13.6 Å². The second-order valence-electron chi connectivity index (χ2n) is 8.89. The second-order valence-corrected chi connectivity index (χ2v) is 8.89. The van der Waals surface area contributed by atoms with Crippen molar-refractivity contribution < 1.29 is 18.7 Å². The van der Waals surface area contributed by atoms with Gasteiger partial charge in [-0.3, -0.25) is 4.79 Å². The summed E-state index contributed by atoms with van der Waals surface area (Å²) in [6.07, 6.45) is 6.67. The number of piperidine rings is 1. The van der Waals surface area contributed by atoms with Crippen LogP contribution in [0.3, 0.4) is 0 Å². The highest BCUT2D eigenvalue weighted by Gasteiger charge is 2.34. The zero-order valence-corrected chi connectivity index (χ0v) is 17.2. The van der Waals surface area contributed by atoms with Crippen LogP contribution < -0.4 is 16.1 Å². The maximum Gasteiger partial charge on any atom is 0.341 e. The number of hydrogen-bond acceptors (Lipinski definition) is 5. The number of nitrogen functional groups attached to an aromatic ring is 1. The first-order valence-corrected chi connectivity index (χ1v) is 11.0. The zero-order valence-electron chi connectivity index (χ0n) is 17.2. The van der Waals surface area contributed by atoms with Crippen LogP contribution in [0.15, 0.2) is 11.0 Å². The Hall–Kier alpha value is -2.68. The quantitative estimate of drug-likeness (QED) is 0.722.